The van der Waals surface area contributed by atoms with Crippen molar-refractivity contribution in [1.29, 1.82) is 0 Å². The minimum Gasteiger partial charge on any atom is -0.370 e. The lowest BCUT2D eigenvalue weighted by Gasteiger charge is -2.28. The first-order valence-electron chi connectivity index (χ1n) is 8.81. The third kappa shape index (κ3) is 4.62. The number of nitrogens with zero attached hydrogens (tertiary/aromatic N) is 1. The van der Waals surface area contributed by atoms with E-state index in [9.17, 15) is 34.8 Å². The Hall–Kier alpha value is -2.11. The van der Waals surface area contributed by atoms with Gasteiger partial charge in [0.05, 0.1) is 11.5 Å². The van der Waals surface area contributed by atoms with E-state index in [1.54, 1.807) is 0 Å². The number of rotatable bonds is 7. The normalized spacial score (nSPS) is 15.4. The number of alkyl halides is 4. The molecule has 1 heterocycles. The number of ether oxygens (including phenoxy) is 1. The Bertz CT molecular complexity index is 1030. The minimum atomic E-state index is -4.32. The molecule has 0 bridgehead atoms. The van der Waals surface area contributed by atoms with Gasteiger partial charge in [0.2, 0.25) is 10.0 Å². The van der Waals surface area contributed by atoms with Gasteiger partial charge in [-0.1, -0.05) is 18.2 Å². The fourth-order valence-electron chi connectivity index (χ4n) is 3.06. The van der Waals surface area contributed by atoms with Crippen LogP contribution in [0.3, 0.4) is 0 Å². The molecule has 3 rings (SSSR count). The number of fused-ring (bicyclic) bond motifs is 1. The second-order valence-corrected chi connectivity index (χ2v) is 8.73. The van der Waals surface area contributed by atoms with Crippen molar-refractivity contribution in [2.45, 2.75) is 36.8 Å². The highest BCUT2D eigenvalue weighted by atomic mass is 32.2. The van der Waals surface area contributed by atoms with E-state index in [2.05, 4.69) is 4.74 Å². The van der Waals surface area contributed by atoms with Crippen LogP contribution in [0.25, 0.3) is 0 Å². The maximum absolute atomic E-state index is 14.1. The van der Waals surface area contributed by atoms with Crippen molar-refractivity contribution in [3.8, 4) is 0 Å². The monoisotopic (exact) mass is 453 g/mol. The molecule has 0 aromatic heterocycles. The lowest BCUT2D eigenvalue weighted by Crippen LogP contribution is -2.36. The van der Waals surface area contributed by atoms with Crippen LogP contribution in [0, 0.1) is 11.6 Å². The van der Waals surface area contributed by atoms with Crippen LogP contribution in [0.15, 0.2) is 41.3 Å². The zero-order valence-corrected chi connectivity index (χ0v) is 16.2. The van der Waals surface area contributed by atoms with Gasteiger partial charge in [-0.15, -0.1) is 0 Å². The van der Waals surface area contributed by atoms with Gasteiger partial charge >= 0.3 is 12.3 Å². The van der Waals surface area contributed by atoms with E-state index in [0.29, 0.717) is 5.56 Å². The SMILES string of the molecule is O=S(=O)(c1cccc(COCC(F)(F)C(F)F)c1)N1CCc2ccc(F)c(F)c2C1. The zero-order chi connectivity index (χ0) is 22.1. The molecule has 1 aliphatic rings. The molecule has 0 amide bonds. The first-order chi connectivity index (χ1) is 14.0. The summed E-state index contributed by atoms with van der Waals surface area (Å²) in [7, 11) is -4.10. The summed E-state index contributed by atoms with van der Waals surface area (Å²) < 4.78 is 109. The molecule has 30 heavy (non-hydrogen) atoms. The summed E-state index contributed by atoms with van der Waals surface area (Å²) >= 11 is 0. The lowest BCUT2D eigenvalue weighted by atomic mass is 10.0. The average Bonchev–Trinajstić information content (AvgIpc) is 2.70. The number of sulfonamides is 1. The Morgan fingerprint density at radius 2 is 1.87 bits per heavy atom. The van der Waals surface area contributed by atoms with Crippen molar-refractivity contribution in [3.05, 3.63) is 64.7 Å². The molecule has 1 aliphatic heterocycles. The topological polar surface area (TPSA) is 46.6 Å². The van der Waals surface area contributed by atoms with E-state index < -0.39 is 47.2 Å². The predicted molar refractivity (Wildman–Crippen MR) is 94.7 cm³/mol. The van der Waals surface area contributed by atoms with Crippen molar-refractivity contribution in [2.24, 2.45) is 0 Å². The van der Waals surface area contributed by atoms with Gasteiger partial charge in [-0.05, 0) is 35.7 Å². The fourth-order valence-corrected chi connectivity index (χ4v) is 4.54. The molecule has 0 saturated carbocycles. The summed E-state index contributed by atoms with van der Waals surface area (Å²) in [5.41, 5.74) is 0.650. The number of hydrogen-bond acceptors (Lipinski definition) is 3. The molecule has 0 fully saturated rings. The Morgan fingerprint density at radius 3 is 2.57 bits per heavy atom. The predicted octanol–water partition coefficient (Wildman–Crippen LogP) is 4.13. The molecule has 0 atom stereocenters. The molecule has 2 aromatic carbocycles. The summed E-state index contributed by atoms with van der Waals surface area (Å²) in [6.45, 7) is -2.34. The zero-order valence-electron chi connectivity index (χ0n) is 15.4. The van der Waals surface area contributed by atoms with Crippen molar-refractivity contribution < 1.29 is 39.5 Å². The Morgan fingerprint density at radius 1 is 1.13 bits per heavy atom. The molecule has 0 radical (unpaired) electrons. The molecule has 0 unspecified atom stereocenters. The first-order valence-corrected chi connectivity index (χ1v) is 10.2. The van der Waals surface area contributed by atoms with Crippen molar-refractivity contribution in [1.82, 2.24) is 4.31 Å². The lowest BCUT2D eigenvalue weighted by molar-refractivity contribution is -0.168. The van der Waals surface area contributed by atoms with E-state index in [0.717, 1.165) is 16.4 Å². The summed E-state index contributed by atoms with van der Waals surface area (Å²) in [6, 6.07) is 7.54. The number of hydrogen-bond donors (Lipinski definition) is 0. The van der Waals surface area contributed by atoms with Crippen LogP contribution < -0.4 is 0 Å². The number of halogens is 6. The quantitative estimate of drug-likeness (QED) is 0.593. The highest BCUT2D eigenvalue weighted by molar-refractivity contribution is 7.89. The van der Waals surface area contributed by atoms with Gasteiger partial charge in [0.15, 0.2) is 11.6 Å². The molecule has 164 valence electrons. The minimum absolute atomic E-state index is 0.0430. The van der Waals surface area contributed by atoms with Crippen LogP contribution in [0.1, 0.15) is 16.7 Å². The summed E-state index contributed by atoms with van der Waals surface area (Å²) in [5, 5.41) is 0. The van der Waals surface area contributed by atoms with Gasteiger partial charge in [-0.25, -0.2) is 26.0 Å². The molecule has 0 aliphatic carbocycles. The fraction of sp³-hybridized carbons (Fsp3) is 0.368. The van der Waals surface area contributed by atoms with Crippen molar-refractivity contribution >= 4 is 10.0 Å². The third-order valence-corrected chi connectivity index (χ3v) is 6.52. The highest BCUT2D eigenvalue weighted by Crippen LogP contribution is 2.28. The Labute approximate surface area is 169 Å². The van der Waals surface area contributed by atoms with Gasteiger partial charge in [-0.3, -0.25) is 0 Å². The van der Waals surface area contributed by atoms with Crippen molar-refractivity contribution in [3.63, 3.8) is 0 Å². The number of benzene rings is 2. The van der Waals surface area contributed by atoms with Crippen LogP contribution >= 0.6 is 0 Å². The van der Waals surface area contributed by atoms with Crippen LogP contribution in [0.2, 0.25) is 0 Å². The maximum Gasteiger partial charge on any atom is 0.330 e. The highest BCUT2D eigenvalue weighted by Gasteiger charge is 2.41. The van der Waals surface area contributed by atoms with Gasteiger partial charge < -0.3 is 4.74 Å². The smallest absolute Gasteiger partial charge is 0.330 e. The van der Waals surface area contributed by atoms with Crippen LogP contribution in [-0.4, -0.2) is 38.2 Å². The van der Waals surface area contributed by atoms with Gasteiger partial charge in [-0.2, -0.15) is 13.1 Å². The van der Waals surface area contributed by atoms with Gasteiger partial charge in [0.1, 0.15) is 6.61 Å². The standard InChI is InChI=1S/C19H17F6NO3S/c20-16-5-4-13-6-7-26(9-15(13)17(16)21)30(27,28)14-3-1-2-12(8-14)10-29-11-19(24,25)18(22)23/h1-5,8,18H,6-7,9-11H2. The first kappa shape index (κ1) is 22.6. The Balaban J connectivity index is 1.75. The van der Waals surface area contributed by atoms with E-state index >= 15 is 0 Å². The van der Waals surface area contributed by atoms with Crippen LogP contribution in [0.4, 0.5) is 26.3 Å². The molecule has 0 spiro atoms. The molecule has 0 N–H and O–H groups in total. The van der Waals surface area contributed by atoms with Crippen LogP contribution in [-0.2, 0) is 34.3 Å². The van der Waals surface area contributed by atoms with E-state index in [4.69, 9.17) is 0 Å². The summed E-state index contributed by atoms with van der Waals surface area (Å²) in [4.78, 5) is -0.204. The second-order valence-electron chi connectivity index (χ2n) is 6.79. The largest absolute Gasteiger partial charge is 0.370 e. The molecular formula is C19H17F6NO3S. The molecule has 2 aromatic rings. The van der Waals surface area contributed by atoms with E-state index in [1.165, 1.54) is 24.3 Å². The third-order valence-electron chi connectivity index (χ3n) is 4.68. The van der Waals surface area contributed by atoms with Gasteiger partial charge in [0.25, 0.3) is 0 Å². The molecule has 11 heteroatoms. The Kier molecular flexibility index (Phi) is 6.44. The molecular weight excluding hydrogens is 436 g/mol. The summed E-state index contributed by atoms with van der Waals surface area (Å²) in [6.07, 6.45) is -3.69. The average molecular weight is 453 g/mol. The van der Waals surface area contributed by atoms with Crippen molar-refractivity contribution in [2.75, 3.05) is 13.2 Å². The second kappa shape index (κ2) is 8.56. The van der Waals surface area contributed by atoms with E-state index in [-0.39, 0.29) is 35.5 Å². The van der Waals surface area contributed by atoms with E-state index in [1.807, 2.05) is 0 Å². The molecule has 0 saturated heterocycles. The van der Waals surface area contributed by atoms with Gasteiger partial charge in [0, 0.05) is 18.7 Å². The molecule has 4 nitrogen and oxygen atoms in total. The summed E-state index contributed by atoms with van der Waals surface area (Å²) in [5.74, 6) is -6.49. The maximum atomic E-state index is 14.1. The van der Waals surface area contributed by atoms with Crippen LogP contribution in [0.5, 0.6) is 0 Å².